The molecule has 0 aliphatic rings. The summed E-state index contributed by atoms with van der Waals surface area (Å²) < 4.78 is 21.0. The van der Waals surface area contributed by atoms with Gasteiger partial charge in [-0.25, -0.2) is 14.4 Å². The lowest BCUT2D eigenvalue weighted by atomic mass is 9.95. The highest BCUT2D eigenvalue weighted by molar-refractivity contribution is 6.15. The minimum absolute atomic E-state index is 0.185. The first-order chi connectivity index (χ1) is 15.0. The molecule has 31 heavy (non-hydrogen) atoms. The van der Waals surface area contributed by atoms with Gasteiger partial charge in [0.05, 0.1) is 11.2 Å². The maximum absolute atomic E-state index is 14.7. The maximum atomic E-state index is 14.7. The topological polar surface area (TPSA) is 38.9 Å². The fraction of sp³-hybridized carbons (Fsp3) is 0.111. The number of hydrogen-bond acceptors (Lipinski definition) is 3. The molecule has 0 saturated heterocycles. The smallest absolute Gasteiger partial charge is 0.145 e. The highest BCUT2D eigenvalue weighted by atomic mass is 19.1. The average Bonchev–Trinajstić information content (AvgIpc) is 3.17. The quantitative estimate of drug-likeness (QED) is 0.267. The number of nitrogens with zero attached hydrogens (tertiary/aromatic N) is 2. The molecule has 0 atom stereocenters. The van der Waals surface area contributed by atoms with Gasteiger partial charge in [-0.2, -0.15) is 0 Å². The molecular weight excluding hydrogens is 387 g/mol. The number of halogens is 1. The first-order valence-corrected chi connectivity index (χ1v) is 10.3. The van der Waals surface area contributed by atoms with Crippen LogP contribution in [-0.2, 0) is 0 Å². The lowest BCUT2D eigenvalue weighted by molar-refractivity contribution is 0.612. The zero-order chi connectivity index (χ0) is 21.3. The molecule has 2 aromatic heterocycles. The predicted molar refractivity (Wildman–Crippen MR) is 124 cm³/mol. The van der Waals surface area contributed by atoms with E-state index < -0.39 is 0 Å². The minimum Gasteiger partial charge on any atom is -0.455 e. The first-order valence-electron chi connectivity index (χ1n) is 10.3. The van der Waals surface area contributed by atoms with Gasteiger partial charge in [0.1, 0.15) is 23.3 Å². The predicted octanol–water partition coefficient (Wildman–Crippen LogP) is 7.41. The molecule has 4 heteroatoms. The Labute approximate surface area is 178 Å². The van der Waals surface area contributed by atoms with Crippen molar-refractivity contribution in [3.05, 3.63) is 83.4 Å². The molecule has 3 nitrogen and oxygen atoms in total. The lowest BCUT2D eigenvalue weighted by Gasteiger charge is -2.12. The summed E-state index contributed by atoms with van der Waals surface area (Å²) in [5.74, 6) is -0.185. The van der Waals surface area contributed by atoms with E-state index in [0.29, 0.717) is 11.1 Å². The molecule has 2 heterocycles. The Morgan fingerprint density at radius 3 is 2.52 bits per heavy atom. The van der Waals surface area contributed by atoms with Gasteiger partial charge < -0.3 is 4.42 Å². The van der Waals surface area contributed by atoms with Gasteiger partial charge in [-0.15, -0.1) is 0 Å². The van der Waals surface area contributed by atoms with Crippen LogP contribution in [0.15, 0.2) is 65.3 Å². The molecule has 0 aliphatic carbocycles. The molecule has 6 aromatic rings. The monoisotopic (exact) mass is 406 g/mol. The minimum atomic E-state index is -0.185. The summed E-state index contributed by atoms with van der Waals surface area (Å²) in [6, 6.07) is 18.1. The number of benzene rings is 4. The van der Waals surface area contributed by atoms with Crippen molar-refractivity contribution in [1.82, 2.24) is 9.97 Å². The number of fused-ring (bicyclic) bond motifs is 6. The highest BCUT2D eigenvalue weighted by Crippen LogP contribution is 2.40. The van der Waals surface area contributed by atoms with E-state index in [2.05, 4.69) is 35.1 Å². The Bertz CT molecular complexity index is 1680. The van der Waals surface area contributed by atoms with Crippen molar-refractivity contribution in [2.75, 3.05) is 0 Å². The number of hydrogen-bond donors (Lipinski definition) is 0. The van der Waals surface area contributed by atoms with E-state index in [-0.39, 0.29) is 5.82 Å². The second-order valence-corrected chi connectivity index (χ2v) is 8.15. The number of aromatic nitrogens is 2. The Morgan fingerprint density at radius 1 is 0.806 bits per heavy atom. The lowest BCUT2D eigenvalue weighted by Crippen LogP contribution is -1.95. The van der Waals surface area contributed by atoms with Crippen LogP contribution < -0.4 is 0 Å². The van der Waals surface area contributed by atoms with Crippen LogP contribution >= 0.6 is 0 Å². The summed E-state index contributed by atoms with van der Waals surface area (Å²) in [5, 5.41) is 4.88. The van der Waals surface area contributed by atoms with Crippen molar-refractivity contribution in [2.24, 2.45) is 0 Å². The van der Waals surface area contributed by atoms with Gasteiger partial charge in [0.25, 0.3) is 0 Å². The molecule has 0 bridgehead atoms. The van der Waals surface area contributed by atoms with Crippen LogP contribution in [0.25, 0.3) is 54.9 Å². The van der Waals surface area contributed by atoms with Crippen LogP contribution in [0.5, 0.6) is 0 Å². The Hall–Kier alpha value is -3.79. The largest absolute Gasteiger partial charge is 0.455 e. The number of aryl methyl sites for hydroxylation is 3. The third-order valence-corrected chi connectivity index (χ3v) is 6.25. The van der Waals surface area contributed by atoms with Crippen LogP contribution in [0.2, 0.25) is 0 Å². The molecular formula is C27H19FN2O. The zero-order valence-corrected chi connectivity index (χ0v) is 17.5. The zero-order valence-electron chi connectivity index (χ0n) is 17.5. The van der Waals surface area contributed by atoms with Gasteiger partial charge in [-0.3, -0.25) is 0 Å². The molecule has 0 radical (unpaired) electrons. The van der Waals surface area contributed by atoms with Crippen molar-refractivity contribution >= 4 is 43.6 Å². The molecule has 0 saturated carbocycles. The Balaban J connectivity index is 1.75. The molecule has 4 aromatic carbocycles. The highest BCUT2D eigenvalue weighted by Gasteiger charge is 2.19. The number of furan rings is 1. The average molecular weight is 406 g/mol. The Morgan fingerprint density at radius 2 is 1.65 bits per heavy atom. The van der Waals surface area contributed by atoms with Gasteiger partial charge >= 0.3 is 0 Å². The fourth-order valence-electron chi connectivity index (χ4n) is 4.76. The SMILES string of the molecule is Cc1cc2ccc3c(-c4ccc(C)c5c4oc4ccccc45)ncnc3c2c(C)c1F. The van der Waals surface area contributed by atoms with Crippen molar-refractivity contribution in [2.45, 2.75) is 20.8 Å². The Kier molecular flexibility index (Phi) is 3.69. The summed E-state index contributed by atoms with van der Waals surface area (Å²) >= 11 is 0. The number of para-hydroxylation sites is 1. The second kappa shape index (κ2) is 6.35. The molecule has 0 N–H and O–H groups in total. The summed E-state index contributed by atoms with van der Waals surface area (Å²) in [6.45, 7) is 5.70. The summed E-state index contributed by atoms with van der Waals surface area (Å²) in [7, 11) is 0. The molecule has 0 fully saturated rings. The van der Waals surface area contributed by atoms with Gasteiger partial charge in [0.2, 0.25) is 0 Å². The molecule has 150 valence electrons. The molecule has 0 aliphatic heterocycles. The van der Waals surface area contributed by atoms with Crippen LogP contribution in [0.1, 0.15) is 16.7 Å². The molecule has 0 spiro atoms. The van der Waals surface area contributed by atoms with Gasteiger partial charge in [-0.1, -0.05) is 30.3 Å². The standard InChI is InChI=1S/C27H19FN2O/c1-14-8-10-20(27-22(14)18-6-4-5-7-21(18)31-27)25-19-11-9-17-12-15(2)24(28)16(3)23(17)26(19)30-13-29-25/h4-13H,1-3H3. The fourth-order valence-corrected chi connectivity index (χ4v) is 4.76. The van der Waals surface area contributed by atoms with Crippen LogP contribution in [-0.4, -0.2) is 9.97 Å². The van der Waals surface area contributed by atoms with Crippen molar-refractivity contribution in [1.29, 1.82) is 0 Å². The third-order valence-electron chi connectivity index (χ3n) is 6.25. The van der Waals surface area contributed by atoms with E-state index in [1.54, 1.807) is 13.3 Å². The van der Waals surface area contributed by atoms with Crippen molar-refractivity contribution < 1.29 is 8.81 Å². The van der Waals surface area contributed by atoms with Crippen LogP contribution in [0, 0.1) is 26.6 Å². The molecule has 0 amide bonds. The molecule has 6 rings (SSSR count). The van der Waals surface area contributed by atoms with Crippen molar-refractivity contribution in [3.63, 3.8) is 0 Å². The normalized spacial score (nSPS) is 11.9. The van der Waals surface area contributed by atoms with Crippen LogP contribution in [0.3, 0.4) is 0 Å². The van der Waals surface area contributed by atoms with E-state index in [1.807, 2.05) is 43.3 Å². The van der Waals surface area contributed by atoms with Gasteiger partial charge in [0, 0.05) is 27.1 Å². The van der Waals surface area contributed by atoms with E-state index in [9.17, 15) is 4.39 Å². The third kappa shape index (κ3) is 2.45. The van der Waals surface area contributed by atoms with Gasteiger partial charge in [0.15, 0.2) is 0 Å². The summed E-state index contributed by atoms with van der Waals surface area (Å²) in [5.41, 5.74) is 6.53. The van der Waals surface area contributed by atoms with E-state index in [1.165, 1.54) is 0 Å². The summed E-state index contributed by atoms with van der Waals surface area (Å²) in [4.78, 5) is 9.20. The van der Waals surface area contributed by atoms with Crippen LogP contribution in [0.4, 0.5) is 4.39 Å². The van der Waals surface area contributed by atoms with E-state index in [0.717, 1.165) is 60.4 Å². The summed E-state index contributed by atoms with van der Waals surface area (Å²) in [6.07, 6.45) is 1.56. The van der Waals surface area contributed by atoms with Gasteiger partial charge in [-0.05, 0) is 67.1 Å². The van der Waals surface area contributed by atoms with Crippen molar-refractivity contribution in [3.8, 4) is 11.3 Å². The first kappa shape index (κ1) is 18.0. The van der Waals surface area contributed by atoms with E-state index >= 15 is 0 Å². The second-order valence-electron chi connectivity index (χ2n) is 8.15. The molecule has 0 unspecified atom stereocenters. The maximum Gasteiger partial charge on any atom is 0.145 e. The van der Waals surface area contributed by atoms with E-state index in [4.69, 9.17) is 4.42 Å². The number of rotatable bonds is 1.